The molecule has 8 saturated heterocycles. The Kier molecular flexibility index (Phi) is 34.2. The van der Waals surface area contributed by atoms with E-state index in [9.17, 15) is 120 Å². The zero-order chi connectivity index (χ0) is 108. The van der Waals surface area contributed by atoms with Crippen molar-refractivity contribution in [1.29, 1.82) is 0 Å². The first-order chi connectivity index (χ1) is 71.3. The summed E-state index contributed by atoms with van der Waals surface area (Å²) in [7, 11) is 4.91. The lowest BCUT2D eigenvalue weighted by atomic mass is 9.48. The summed E-state index contributed by atoms with van der Waals surface area (Å²) < 4.78 is 117. The fraction of sp³-hybridized carbons (Fsp3) is 0.776. The molecule has 6 aliphatic carbocycles. The molecular weight excluding hydrogens is 2000 g/mol. The van der Waals surface area contributed by atoms with Gasteiger partial charge in [0.15, 0.2) is 78.7 Å². The molecule has 0 radical (unpaired) electrons. The van der Waals surface area contributed by atoms with Crippen molar-refractivity contribution in [3.8, 4) is 23.0 Å². The van der Waals surface area contributed by atoms with Gasteiger partial charge in [-0.2, -0.15) is 0 Å². The smallest absolute Gasteiger partial charge is 0.336 e. The molecule has 16 aliphatic rings. The number of aliphatic carboxylic acids is 1. The SMILES string of the molecule is COC1OC(COCC(=O)O)C(OC2OC(COCC(=O)NC(C)(C)C(=O)OC3=CC[C@@]4(O)[C@H]5Cc6ccc(O)c7c6[C@@]4(CCN5CC4CC4)[C@H]3O7)C(OC3OC(CO)C(OC)C(O)C3O)C(O)C2O)C(O)C1O.CO[C@@H]1OC(CO)[C@@H](O[C@@H]2OC(CO)[C@@H](O[C@@H]3OC(CO)[C@@H](OC)[C@H](O)C3NC(C)=O)[C@H](O)C2NC(=O)CCC(=O)NC(C)(C)C(=O)O[C@@]23CCC(=O)[C@@H]4Oc5c(O)ccc6c5[C@@]42CCN(CC2CC2)[C@@H]3C6)[C@H](O)C1N. The van der Waals surface area contributed by atoms with Gasteiger partial charge in [-0.15, -0.1) is 0 Å². The van der Waals surface area contributed by atoms with E-state index in [1.165, 1.54) is 56.1 Å². The number of nitrogens with two attached hydrogens (primary N) is 1. The Morgan fingerprint density at radius 3 is 1.46 bits per heavy atom. The predicted molar refractivity (Wildman–Crippen MR) is 498 cm³/mol. The molecule has 2 spiro atoms. The summed E-state index contributed by atoms with van der Waals surface area (Å²) in [6, 6.07) is 1.97. The van der Waals surface area contributed by atoms with Crippen molar-refractivity contribution in [2.24, 2.45) is 17.6 Å². The van der Waals surface area contributed by atoms with Crippen molar-refractivity contribution in [2.45, 2.75) is 360 Å². The summed E-state index contributed by atoms with van der Waals surface area (Å²) in [6.07, 6.45) is -37.8. The zero-order valence-electron chi connectivity index (χ0n) is 84.4. The highest BCUT2D eigenvalue weighted by Crippen LogP contribution is 2.69. The number of phenolic OH excluding ortho intramolecular Hbond substituents is 2. The third-order valence-corrected chi connectivity index (χ3v) is 32.5. The number of aromatic hydroxyl groups is 2. The fourth-order valence-electron chi connectivity index (χ4n) is 24.7. The van der Waals surface area contributed by atoms with Gasteiger partial charge in [0.2, 0.25) is 23.6 Å². The van der Waals surface area contributed by atoms with Crippen LogP contribution in [-0.4, -0.2) is 482 Å². The van der Waals surface area contributed by atoms with E-state index in [-0.39, 0.29) is 65.9 Å². The molecule has 4 bridgehead atoms. The number of Topliss-reactive ketones (excluding diaryl/α,β-unsaturated/α-hetero) is 1. The van der Waals surface area contributed by atoms with Gasteiger partial charge in [-0.25, -0.2) is 14.4 Å². The van der Waals surface area contributed by atoms with Crippen LogP contribution in [-0.2, 0) is 147 Å². The molecule has 23 N–H and O–H groups in total. The second-order valence-corrected chi connectivity index (χ2v) is 42.9. The van der Waals surface area contributed by atoms with Gasteiger partial charge in [-0.3, -0.25) is 33.8 Å². The van der Waals surface area contributed by atoms with Gasteiger partial charge in [-0.1, -0.05) is 12.1 Å². The quantitative estimate of drug-likeness (QED) is 0.0276. The van der Waals surface area contributed by atoms with Crippen LogP contribution in [0.15, 0.2) is 36.1 Å². The highest BCUT2D eigenvalue weighted by molar-refractivity contribution is 5.93. The number of hydrogen-bond donors (Lipinski definition) is 22. The first kappa shape index (κ1) is 113. The lowest BCUT2D eigenvalue weighted by Crippen LogP contribution is -2.78. The number of carboxylic acids is 1. The van der Waals surface area contributed by atoms with Crippen molar-refractivity contribution in [1.82, 2.24) is 31.1 Å². The summed E-state index contributed by atoms with van der Waals surface area (Å²) in [6.45, 7) is 4.05. The third-order valence-electron chi connectivity index (χ3n) is 32.5. The molecule has 10 aliphatic heterocycles. The number of carbonyl (C=O) groups excluding carboxylic acids is 7. The molecule has 38 atom stereocenters. The Morgan fingerprint density at radius 1 is 0.487 bits per heavy atom. The zero-order valence-corrected chi connectivity index (χ0v) is 84.4. The number of aliphatic hydroxyl groups is 14. The van der Waals surface area contributed by atoms with Crippen LogP contribution < -0.4 is 36.5 Å². The molecule has 21 unspecified atom stereocenters. The number of benzene rings is 2. The molecule has 0 aromatic heterocycles. The van der Waals surface area contributed by atoms with E-state index >= 15 is 0 Å². The summed E-state index contributed by atoms with van der Waals surface area (Å²) in [4.78, 5) is 112. The minimum atomic E-state index is -2.06. The number of piperidine rings is 2. The van der Waals surface area contributed by atoms with Crippen molar-refractivity contribution in [3.05, 3.63) is 58.4 Å². The number of nitrogens with one attached hydrogen (secondary N) is 4. The Morgan fingerprint density at radius 2 is 0.920 bits per heavy atom. The molecule has 11 fully saturated rings. The number of hydrogen-bond acceptors (Lipinski definition) is 47. The number of esters is 2. The summed E-state index contributed by atoms with van der Waals surface area (Å²) in [5.41, 5.74) is 1.33. The fourth-order valence-corrected chi connectivity index (χ4v) is 24.7. The molecule has 2 aromatic carbocycles. The van der Waals surface area contributed by atoms with Crippen LogP contribution in [0.4, 0.5) is 0 Å². The lowest BCUT2D eigenvalue weighted by molar-refractivity contribution is -0.379. The molecule has 838 valence electrons. The van der Waals surface area contributed by atoms with E-state index in [4.69, 9.17) is 106 Å². The van der Waals surface area contributed by atoms with Crippen LogP contribution in [0.2, 0.25) is 0 Å². The van der Waals surface area contributed by atoms with E-state index in [0.29, 0.717) is 61.7 Å². The van der Waals surface area contributed by atoms with Crippen molar-refractivity contribution in [3.63, 3.8) is 0 Å². The number of ether oxygens (including phenoxy) is 20. The van der Waals surface area contributed by atoms with E-state index < -0.39 is 337 Å². The maximum atomic E-state index is 14.7. The van der Waals surface area contributed by atoms with Crippen molar-refractivity contribution >= 4 is 47.3 Å². The second-order valence-electron chi connectivity index (χ2n) is 42.9. The Bertz CT molecular complexity index is 5210. The summed E-state index contributed by atoms with van der Waals surface area (Å²) in [5.74, 6) is -4.82. The largest absolute Gasteiger partial charge is 0.504 e. The van der Waals surface area contributed by atoms with Crippen molar-refractivity contribution < 1.29 is 220 Å². The van der Waals surface area contributed by atoms with Gasteiger partial charge in [0.25, 0.3) is 0 Å². The molecule has 52 nitrogen and oxygen atoms in total. The number of ketones is 1. The molecule has 18 rings (SSSR count). The topological polar surface area (TPSA) is 746 Å². The highest BCUT2D eigenvalue weighted by Gasteiger charge is 2.77. The monoisotopic (exact) mass is 2140 g/mol. The number of rotatable bonds is 39. The van der Waals surface area contributed by atoms with E-state index in [1.807, 2.05) is 12.1 Å². The van der Waals surface area contributed by atoms with Crippen LogP contribution in [0, 0.1) is 11.8 Å². The average Bonchev–Trinajstić information content (AvgIpc) is 1.51. The second kappa shape index (κ2) is 45.3. The minimum absolute atomic E-state index is 0.0620. The highest BCUT2D eigenvalue weighted by atomic mass is 16.8. The van der Waals surface area contributed by atoms with Crippen LogP contribution >= 0.6 is 0 Å². The number of phenols is 2. The Hall–Kier alpha value is -7.98. The van der Waals surface area contributed by atoms with Gasteiger partial charge in [0.1, 0.15) is 176 Å². The van der Waals surface area contributed by atoms with Gasteiger partial charge in [0, 0.05) is 91.3 Å². The number of likely N-dealkylation sites (tertiary alicyclic amines) is 2. The minimum Gasteiger partial charge on any atom is -0.504 e. The molecular formula is C98H141N7O45. The normalized spacial score (nSPS) is 40.2. The summed E-state index contributed by atoms with van der Waals surface area (Å²) >= 11 is 0. The number of aliphatic hydroxyl groups excluding tert-OH is 13. The Labute approximate surface area is 860 Å². The van der Waals surface area contributed by atoms with Crippen LogP contribution in [0.3, 0.4) is 0 Å². The maximum Gasteiger partial charge on any atom is 0.336 e. The molecule has 2 aromatic rings. The number of methoxy groups -OCH3 is 4. The molecule has 150 heavy (non-hydrogen) atoms. The molecule has 10 heterocycles. The van der Waals surface area contributed by atoms with Crippen LogP contribution in [0.5, 0.6) is 23.0 Å². The van der Waals surface area contributed by atoms with E-state index in [2.05, 4.69) is 31.1 Å². The molecule has 52 heteroatoms. The first-order valence-corrected chi connectivity index (χ1v) is 50.8. The standard InChI is InChI=1S/C50H73N5O21.C48H68N2O24/c1-21(59)52-34-37(65)40(68-4)26(18-56)71-45(34)75-42-28(20-58)72-46(74-41-27(19-57)70-44(69-5)33(51)36(41)64)35(38(42)66)53-30(62)10-11-31(63)54-48(2,3)47(67)76-50-13-12-25(61)43-49(50)14-15-55(17-22-6-7-22)29(50)16-23-8-9-24(60)39(73-43)32(23)49;1-46(2,45(62)71-23-9-10-48(63)27-13-21-7-8-22(52)37-30(21)47(48,41(23)72-37)11-12-50(27)14-20-5-6-20)49-28(53)18-66-16-26-40(73-43-35(60)31(56)38(64-3)24(15-51)68-43)33(58)36(61)44(70-26)74-39-25(17-67-19-29(54)55)69-42(65-4)34(59)32(39)57/h8-9,22,26-29,33-38,40-46,56-58,60,64-66H,6-7,10-20,51H2,1-5H3,(H,52,59)(H,53,62)(H,54,63);7-9,20,24-27,31-36,38-44,51-52,56-61,63H,5-6,10-19H2,1-4H3,(H,49,53)(H,54,55)/t26?,27?,28?,29-,33?,34?,35?,36-,37-,38-,40-,41-,42-,43+,44-,45+,46+,49+,50-;24?,25?,26?,27-,31?,32?,33?,34?,35?,36?,38?,39?,40?,41+,42?,43?,44?,47+,48-/m11/s1. The van der Waals surface area contributed by atoms with Gasteiger partial charge in [-0.05, 0) is 140 Å². The van der Waals surface area contributed by atoms with Crippen molar-refractivity contribution in [2.75, 3.05) is 107 Å². The predicted octanol–water partition coefficient (Wildman–Crippen LogP) is -8.50. The van der Waals surface area contributed by atoms with E-state index in [0.717, 1.165) is 56.8 Å². The molecule has 3 saturated carbocycles. The third kappa shape index (κ3) is 21.1. The summed E-state index contributed by atoms with van der Waals surface area (Å²) in [5, 5.41) is 197. The number of carbonyl (C=O) groups is 8. The number of nitrogens with zero attached hydrogens (tertiary/aromatic N) is 2. The van der Waals surface area contributed by atoms with Gasteiger partial charge >= 0.3 is 17.9 Å². The van der Waals surface area contributed by atoms with Gasteiger partial charge < -0.3 is 209 Å². The first-order valence-electron chi connectivity index (χ1n) is 50.8. The van der Waals surface area contributed by atoms with Crippen LogP contribution in [0.25, 0.3) is 0 Å². The Balaban J connectivity index is 0.000000204. The lowest BCUT2D eigenvalue weighted by Gasteiger charge is -2.64. The average molecular weight is 2140 g/mol. The number of amides is 4. The number of carboxylic acid groups (broad SMARTS) is 1. The van der Waals surface area contributed by atoms with Gasteiger partial charge in [0.05, 0.1) is 68.2 Å². The maximum absolute atomic E-state index is 14.7. The van der Waals surface area contributed by atoms with E-state index in [1.54, 1.807) is 18.2 Å². The molecule has 4 amide bonds. The van der Waals surface area contributed by atoms with Crippen LogP contribution in [0.1, 0.15) is 128 Å².